The van der Waals surface area contributed by atoms with Gasteiger partial charge < -0.3 is 37.2 Å². The molecule has 1 aromatic carbocycles. The molecule has 0 spiro atoms. The third-order valence-electron chi connectivity index (χ3n) is 4.42. The van der Waals surface area contributed by atoms with Crippen molar-refractivity contribution in [3.05, 3.63) is 53.3 Å². The Balaban J connectivity index is -0.000001000. The van der Waals surface area contributed by atoms with Crippen molar-refractivity contribution in [1.29, 1.82) is 0 Å². The van der Waals surface area contributed by atoms with Crippen LogP contribution < -0.4 is 42.4 Å². The predicted octanol–water partition coefficient (Wildman–Crippen LogP) is -4.21. The summed E-state index contributed by atoms with van der Waals surface area (Å²) in [6.07, 6.45) is 11.0. The first kappa shape index (κ1) is 28.3. The zero-order valence-electron chi connectivity index (χ0n) is 14.1. The number of hydrogen-bond acceptors (Lipinski definition) is 0. The first-order chi connectivity index (χ1) is 9.22. The van der Waals surface area contributed by atoms with Crippen LogP contribution in [0.5, 0.6) is 0 Å². The summed E-state index contributed by atoms with van der Waals surface area (Å²) < 4.78 is 0. The summed E-state index contributed by atoms with van der Waals surface area (Å²) in [5, 5.41) is 3.15. The minimum Gasteiger partial charge on any atom is -1.00 e. The number of benzene rings is 1. The van der Waals surface area contributed by atoms with Crippen LogP contribution in [-0.2, 0) is 21.7 Å². The monoisotopic (exact) mass is 422 g/mol. The van der Waals surface area contributed by atoms with E-state index in [1.807, 2.05) is 0 Å². The summed E-state index contributed by atoms with van der Waals surface area (Å²) in [5.74, 6) is 0. The summed E-state index contributed by atoms with van der Waals surface area (Å²) in [6.45, 7) is 7.13. The second-order valence-corrected chi connectivity index (χ2v) is 10.1. The molecule has 0 aromatic heterocycles. The maximum Gasteiger partial charge on any atom is 4.00 e. The van der Waals surface area contributed by atoms with Crippen LogP contribution in [-0.4, -0.2) is 8.07 Å². The Hall–Kier alpha value is 0.501. The molecule has 1 atom stereocenters. The Morgan fingerprint density at radius 3 is 2.17 bits per heavy atom. The second-order valence-electron chi connectivity index (χ2n) is 5.64. The molecule has 0 aliphatic heterocycles. The smallest absolute Gasteiger partial charge is 1.00 e. The van der Waals surface area contributed by atoms with Crippen molar-refractivity contribution < 1.29 is 58.9 Å². The van der Waals surface area contributed by atoms with Gasteiger partial charge in [-0.15, -0.1) is 6.42 Å². The maximum atomic E-state index is 3.69. The van der Waals surface area contributed by atoms with E-state index < -0.39 is 8.07 Å². The van der Waals surface area contributed by atoms with E-state index in [2.05, 4.69) is 62.9 Å². The molecule has 0 radical (unpaired) electrons. The third kappa shape index (κ3) is 6.72. The molecule has 23 heavy (non-hydrogen) atoms. The summed E-state index contributed by atoms with van der Waals surface area (Å²) in [7, 11) is -1.54. The van der Waals surface area contributed by atoms with Crippen molar-refractivity contribution in [3.63, 3.8) is 0 Å². The quantitative estimate of drug-likeness (QED) is 0.322. The largest absolute Gasteiger partial charge is 4.00 e. The number of halogens is 3. The van der Waals surface area contributed by atoms with E-state index >= 15 is 0 Å². The molecule has 126 valence electrons. The van der Waals surface area contributed by atoms with Crippen LogP contribution in [0, 0.1) is 6.08 Å². The van der Waals surface area contributed by atoms with Crippen LogP contribution in [0.4, 0.5) is 0 Å². The van der Waals surface area contributed by atoms with Gasteiger partial charge in [0.2, 0.25) is 0 Å². The number of allylic oxidation sites excluding steroid dienone is 4. The van der Waals surface area contributed by atoms with Crippen LogP contribution in [0.1, 0.15) is 39.5 Å². The molecule has 0 saturated carbocycles. The molecule has 1 unspecified atom stereocenters. The van der Waals surface area contributed by atoms with Gasteiger partial charge in [-0.2, -0.15) is 6.08 Å². The zero-order valence-corrected chi connectivity index (χ0v) is 19.0. The number of hydrogen-bond donors (Lipinski definition) is 0. The SMILES string of the molecule is CCCCC1=CC[C-]=C1[Si](C)(CC)c1ccccc1.[Cl-].[Cl-].[Cl-].[Ti+4]. The molecule has 0 fully saturated rings. The van der Waals surface area contributed by atoms with E-state index in [9.17, 15) is 0 Å². The van der Waals surface area contributed by atoms with E-state index in [-0.39, 0.29) is 58.9 Å². The standard InChI is InChI=1S/C18H25Si.3ClH.Ti/c1-4-6-11-16-12-10-15-18(16)19(3,5-2)17-13-8-7-9-14-17;;;;/h7-9,12-14H,4-6,10-11H2,1-3H3;3*1H;/q-1;;;;+4/p-3. The molecule has 0 heterocycles. The molecular formula is C18H25Cl3SiTi. The van der Waals surface area contributed by atoms with Crippen molar-refractivity contribution in [2.75, 3.05) is 0 Å². The predicted molar refractivity (Wildman–Crippen MR) is 87.2 cm³/mol. The first-order valence-corrected chi connectivity index (χ1v) is 10.3. The fourth-order valence-corrected chi connectivity index (χ4v) is 6.37. The zero-order chi connectivity index (χ0) is 13.7. The maximum absolute atomic E-state index is 3.69. The normalized spacial score (nSPS) is 14.7. The van der Waals surface area contributed by atoms with Gasteiger partial charge in [0.25, 0.3) is 0 Å². The fraction of sp³-hybridized carbons (Fsp3) is 0.444. The van der Waals surface area contributed by atoms with Crippen molar-refractivity contribution in [1.82, 2.24) is 0 Å². The van der Waals surface area contributed by atoms with Gasteiger partial charge in [0.15, 0.2) is 0 Å². The first-order valence-electron chi connectivity index (χ1n) is 7.58. The van der Waals surface area contributed by atoms with Crippen LogP contribution >= 0.6 is 0 Å². The summed E-state index contributed by atoms with van der Waals surface area (Å²) in [6, 6.07) is 12.4. The van der Waals surface area contributed by atoms with Gasteiger partial charge in [0.1, 0.15) is 0 Å². The summed E-state index contributed by atoms with van der Waals surface area (Å²) in [5.41, 5.74) is 1.60. The van der Waals surface area contributed by atoms with E-state index in [4.69, 9.17) is 0 Å². The summed E-state index contributed by atoms with van der Waals surface area (Å²) >= 11 is 0. The molecule has 0 N–H and O–H groups in total. The van der Waals surface area contributed by atoms with E-state index in [0.29, 0.717) is 0 Å². The molecule has 1 aliphatic rings. The number of rotatable bonds is 6. The Morgan fingerprint density at radius 1 is 1.04 bits per heavy atom. The Morgan fingerprint density at radius 2 is 1.65 bits per heavy atom. The van der Waals surface area contributed by atoms with E-state index in [0.717, 1.165) is 6.42 Å². The van der Waals surface area contributed by atoms with Crippen LogP contribution in [0.2, 0.25) is 12.6 Å². The molecule has 1 aliphatic carbocycles. The van der Waals surface area contributed by atoms with E-state index in [1.165, 1.54) is 25.3 Å². The molecule has 0 saturated heterocycles. The average molecular weight is 424 g/mol. The minimum absolute atomic E-state index is 0. The molecular weight excluding hydrogens is 399 g/mol. The topological polar surface area (TPSA) is 0 Å². The van der Waals surface area contributed by atoms with Crippen LogP contribution in [0.25, 0.3) is 0 Å². The Kier molecular flexibility index (Phi) is 16.9. The van der Waals surface area contributed by atoms with Crippen molar-refractivity contribution in [2.24, 2.45) is 0 Å². The van der Waals surface area contributed by atoms with E-state index in [1.54, 1.807) is 16.0 Å². The van der Waals surface area contributed by atoms with Gasteiger partial charge in [-0.05, 0) is 0 Å². The Bertz CT molecular complexity index is 488. The van der Waals surface area contributed by atoms with Crippen molar-refractivity contribution in [2.45, 2.75) is 52.1 Å². The molecule has 2 rings (SSSR count). The third-order valence-corrected chi connectivity index (χ3v) is 9.04. The van der Waals surface area contributed by atoms with Gasteiger partial charge in [-0.1, -0.05) is 81.2 Å². The van der Waals surface area contributed by atoms with Gasteiger partial charge in [0, 0.05) is 0 Å². The molecule has 1 aromatic rings. The molecule has 0 amide bonds. The number of unbranched alkanes of at least 4 members (excludes halogenated alkanes) is 1. The summed E-state index contributed by atoms with van der Waals surface area (Å²) in [4.78, 5) is 0. The molecule has 0 bridgehead atoms. The van der Waals surface area contributed by atoms with Crippen LogP contribution in [0.3, 0.4) is 0 Å². The van der Waals surface area contributed by atoms with Gasteiger partial charge >= 0.3 is 21.7 Å². The van der Waals surface area contributed by atoms with Crippen LogP contribution in [0.15, 0.2) is 47.2 Å². The van der Waals surface area contributed by atoms with Crippen molar-refractivity contribution in [3.8, 4) is 0 Å². The second kappa shape index (κ2) is 13.8. The molecule has 0 nitrogen and oxygen atoms in total. The van der Waals surface area contributed by atoms with Gasteiger partial charge in [0.05, 0.1) is 8.07 Å². The molecule has 5 heteroatoms. The fourth-order valence-electron chi connectivity index (χ4n) is 2.97. The van der Waals surface area contributed by atoms with Gasteiger partial charge in [-0.25, -0.2) is 10.8 Å². The van der Waals surface area contributed by atoms with Gasteiger partial charge in [-0.3, -0.25) is 6.08 Å². The van der Waals surface area contributed by atoms with Crippen molar-refractivity contribution >= 4 is 13.3 Å². The Labute approximate surface area is 176 Å². The minimum atomic E-state index is -1.54. The average Bonchev–Trinajstić information content (AvgIpc) is 2.94.